The highest BCUT2D eigenvalue weighted by Crippen LogP contribution is 2.11. The molecule has 0 spiro atoms. The van der Waals surface area contributed by atoms with Gasteiger partial charge in [-0.1, -0.05) is 31.2 Å². The van der Waals surface area contributed by atoms with E-state index in [4.69, 9.17) is 4.99 Å². The number of halogens is 1. The topological polar surface area (TPSA) is 68.7 Å². The maximum Gasteiger partial charge on any atom is 0.225 e. The first kappa shape index (κ1) is 25.3. The monoisotopic (exact) mass is 537 g/mol. The summed E-state index contributed by atoms with van der Waals surface area (Å²) in [4.78, 5) is 18.3. The van der Waals surface area contributed by atoms with Gasteiger partial charge in [0.25, 0.3) is 0 Å². The number of aromatic nitrogens is 2. The molecule has 31 heavy (non-hydrogen) atoms. The zero-order valence-corrected chi connectivity index (χ0v) is 21.1. The molecule has 1 fully saturated rings. The quantitative estimate of drug-likeness (QED) is 0.222. The van der Waals surface area contributed by atoms with Gasteiger partial charge in [0.2, 0.25) is 5.95 Å². The van der Waals surface area contributed by atoms with Gasteiger partial charge in [0.15, 0.2) is 5.96 Å². The van der Waals surface area contributed by atoms with Gasteiger partial charge < -0.3 is 15.5 Å². The molecule has 0 aliphatic carbocycles. The summed E-state index contributed by atoms with van der Waals surface area (Å²) in [6, 6.07) is 10.4. The molecule has 0 amide bonds. The van der Waals surface area contributed by atoms with Crippen LogP contribution in [0.1, 0.15) is 31.4 Å². The van der Waals surface area contributed by atoms with E-state index >= 15 is 0 Å². The summed E-state index contributed by atoms with van der Waals surface area (Å²) in [5.74, 6) is 1.74. The molecule has 1 saturated heterocycles. The molecule has 2 heterocycles. The minimum atomic E-state index is 0. The molecule has 1 aliphatic rings. The molecular weight excluding hydrogens is 501 g/mol. The van der Waals surface area contributed by atoms with Crippen molar-refractivity contribution in [2.45, 2.75) is 33.2 Å². The Hall–Kier alpha value is -1.94. The van der Waals surface area contributed by atoms with Gasteiger partial charge in [0.05, 0.1) is 6.54 Å². The lowest BCUT2D eigenvalue weighted by molar-refractivity contribution is 0.254. The molecule has 0 unspecified atom stereocenters. The van der Waals surface area contributed by atoms with Crippen LogP contribution in [0.25, 0.3) is 0 Å². The number of benzene rings is 1. The fourth-order valence-electron chi connectivity index (χ4n) is 3.70. The van der Waals surface area contributed by atoms with Crippen molar-refractivity contribution < 1.29 is 0 Å². The van der Waals surface area contributed by atoms with E-state index < -0.39 is 0 Å². The van der Waals surface area contributed by atoms with Gasteiger partial charge in [-0.15, -0.1) is 24.0 Å². The van der Waals surface area contributed by atoms with Gasteiger partial charge in [-0.2, -0.15) is 0 Å². The standard InChI is InChI=1S/C23H35N7.HI/c1-3-20-9-5-6-10-21(20)19-28-22(24-4-2)25-13-8-14-29-15-17-30(18-16-29)23-26-11-7-12-27-23;/h5-7,9-12H,3-4,8,13-19H2,1-2H3,(H2,24,25,28);1H. The van der Waals surface area contributed by atoms with Crippen LogP contribution in [-0.4, -0.2) is 66.6 Å². The van der Waals surface area contributed by atoms with Crippen molar-refractivity contribution >= 4 is 35.9 Å². The highest BCUT2D eigenvalue weighted by Gasteiger charge is 2.18. The number of hydrogen-bond donors (Lipinski definition) is 2. The summed E-state index contributed by atoms with van der Waals surface area (Å²) in [5, 5.41) is 6.84. The molecule has 0 saturated carbocycles. The zero-order chi connectivity index (χ0) is 21.0. The number of hydrogen-bond acceptors (Lipinski definition) is 5. The summed E-state index contributed by atoms with van der Waals surface area (Å²) < 4.78 is 0. The fourth-order valence-corrected chi connectivity index (χ4v) is 3.70. The Kier molecular flexibility index (Phi) is 11.6. The van der Waals surface area contributed by atoms with Crippen LogP contribution < -0.4 is 15.5 Å². The predicted molar refractivity (Wildman–Crippen MR) is 139 cm³/mol. The van der Waals surface area contributed by atoms with Gasteiger partial charge in [-0.05, 0) is 43.5 Å². The number of aryl methyl sites for hydroxylation is 1. The Labute approximate surface area is 203 Å². The molecule has 2 aromatic rings. The van der Waals surface area contributed by atoms with Crippen LogP contribution in [0.3, 0.4) is 0 Å². The smallest absolute Gasteiger partial charge is 0.225 e. The maximum absolute atomic E-state index is 4.78. The van der Waals surface area contributed by atoms with Gasteiger partial charge in [-0.25, -0.2) is 15.0 Å². The Balaban J connectivity index is 0.00000341. The molecule has 8 heteroatoms. The third kappa shape index (κ3) is 8.25. The van der Waals surface area contributed by atoms with Gasteiger partial charge in [0.1, 0.15) is 0 Å². The van der Waals surface area contributed by atoms with E-state index in [0.717, 1.165) is 70.6 Å². The SMILES string of the molecule is CCNC(=NCc1ccccc1CC)NCCCN1CCN(c2ncccn2)CC1.I. The number of guanidine groups is 1. The van der Waals surface area contributed by atoms with Crippen molar-refractivity contribution in [3.8, 4) is 0 Å². The Morgan fingerprint density at radius 2 is 1.68 bits per heavy atom. The summed E-state index contributed by atoms with van der Waals surface area (Å²) in [7, 11) is 0. The zero-order valence-electron chi connectivity index (χ0n) is 18.8. The number of piperazine rings is 1. The van der Waals surface area contributed by atoms with Crippen LogP contribution >= 0.6 is 24.0 Å². The molecule has 0 radical (unpaired) electrons. The largest absolute Gasteiger partial charge is 0.357 e. The van der Waals surface area contributed by atoms with Crippen molar-refractivity contribution in [3.05, 3.63) is 53.9 Å². The lowest BCUT2D eigenvalue weighted by atomic mass is 10.1. The normalized spacial score (nSPS) is 14.8. The summed E-state index contributed by atoms with van der Waals surface area (Å²) >= 11 is 0. The second kappa shape index (κ2) is 14.2. The molecule has 0 bridgehead atoms. The minimum absolute atomic E-state index is 0. The molecule has 3 rings (SSSR count). The van der Waals surface area contributed by atoms with Crippen LogP contribution in [0, 0.1) is 0 Å². The highest BCUT2D eigenvalue weighted by molar-refractivity contribution is 14.0. The molecule has 170 valence electrons. The highest BCUT2D eigenvalue weighted by atomic mass is 127. The second-order valence-corrected chi connectivity index (χ2v) is 7.48. The molecule has 1 aromatic carbocycles. The molecule has 1 aromatic heterocycles. The number of aliphatic imine (C=N–C) groups is 1. The van der Waals surface area contributed by atoms with Gasteiger partial charge in [-0.3, -0.25) is 4.90 Å². The summed E-state index contributed by atoms with van der Waals surface area (Å²) in [6.07, 6.45) is 5.76. The Bertz CT molecular complexity index is 777. The average molecular weight is 537 g/mol. The molecule has 1 aliphatic heterocycles. The van der Waals surface area contributed by atoms with E-state index in [-0.39, 0.29) is 24.0 Å². The Morgan fingerprint density at radius 1 is 0.968 bits per heavy atom. The van der Waals surface area contributed by atoms with Crippen LogP contribution in [0.15, 0.2) is 47.7 Å². The summed E-state index contributed by atoms with van der Waals surface area (Å²) in [6.45, 7) is 12.0. The molecule has 2 N–H and O–H groups in total. The second-order valence-electron chi connectivity index (χ2n) is 7.48. The number of rotatable bonds is 9. The first-order valence-electron chi connectivity index (χ1n) is 11.1. The molecule has 0 atom stereocenters. The van der Waals surface area contributed by atoms with Gasteiger partial charge >= 0.3 is 0 Å². The number of nitrogens with zero attached hydrogens (tertiary/aromatic N) is 5. The molecule has 7 nitrogen and oxygen atoms in total. The number of anilines is 1. The molecular formula is C23H36IN7. The van der Waals surface area contributed by atoms with E-state index in [9.17, 15) is 0 Å². The van der Waals surface area contributed by atoms with Crippen molar-refractivity contribution in [2.24, 2.45) is 4.99 Å². The lowest BCUT2D eigenvalue weighted by Gasteiger charge is -2.34. The van der Waals surface area contributed by atoms with E-state index in [2.05, 4.69) is 68.5 Å². The maximum atomic E-state index is 4.78. The summed E-state index contributed by atoms with van der Waals surface area (Å²) in [5.41, 5.74) is 2.68. The number of nitrogens with one attached hydrogen (secondary N) is 2. The van der Waals surface area contributed by atoms with E-state index in [1.165, 1.54) is 11.1 Å². The lowest BCUT2D eigenvalue weighted by Crippen LogP contribution is -2.47. The van der Waals surface area contributed by atoms with Crippen molar-refractivity contribution in [1.29, 1.82) is 0 Å². The minimum Gasteiger partial charge on any atom is -0.357 e. The van der Waals surface area contributed by atoms with Gasteiger partial charge in [0, 0.05) is 51.7 Å². The van der Waals surface area contributed by atoms with Crippen molar-refractivity contribution in [1.82, 2.24) is 25.5 Å². The van der Waals surface area contributed by atoms with Crippen LogP contribution in [0.2, 0.25) is 0 Å². The first-order valence-corrected chi connectivity index (χ1v) is 11.1. The fraction of sp³-hybridized carbons (Fsp3) is 0.522. The average Bonchev–Trinajstić information content (AvgIpc) is 2.81. The van der Waals surface area contributed by atoms with Crippen LogP contribution in [0.5, 0.6) is 0 Å². The van der Waals surface area contributed by atoms with Crippen LogP contribution in [0.4, 0.5) is 5.95 Å². The predicted octanol–water partition coefficient (Wildman–Crippen LogP) is 2.92. The van der Waals surface area contributed by atoms with Crippen LogP contribution in [-0.2, 0) is 13.0 Å². The third-order valence-corrected chi connectivity index (χ3v) is 5.40. The first-order chi connectivity index (χ1) is 14.8. The van der Waals surface area contributed by atoms with Crippen molar-refractivity contribution in [3.63, 3.8) is 0 Å². The van der Waals surface area contributed by atoms with E-state index in [1.807, 2.05) is 18.5 Å². The van der Waals surface area contributed by atoms with E-state index in [0.29, 0.717) is 6.54 Å². The van der Waals surface area contributed by atoms with Crippen molar-refractivity contribution in [2.75, 3.05) is 50.7 Å². The Morgan fingerprint density at radius 3 is 2.35 bits per heavy atom. The van der Waals surface area contributed by atoms with E-state index in [1.54, 1.807) is 0 Å². The third-order valence-electron chi connectivity index (χ3n) is 5.40.